The Morgan fingerprint density at radius 1 is 0.833 bits per heavy atom. The van der Waals surface area contributed by atoms with Gasteiger partial charge in [-0.05, 0) is 65.2 Å². The van der Waals surface area contributed by atoms with Gasteiger partial charge in [-0.2, -0.15) is 0 Å². The number of nitrogens with two attached hydrogens (primary N) is 1. The first-order chi connectivity index (χ1) is 17.5. The van der Waals surface area contributed by atoms with Gasteiger partial charge in [-0.15, -0.1) is 0 Å². The normalized spacial score (nSPS) is 10.4. The first-order valence-corrected chi connectivity index (χ1v) is 11.2. The van der Waals surface area contributed by atoms with Crippen LogP contribution in [0.5, 0.6) is 5.75 Å². The van der Waals surface area contributed by atoms with Gasteiger partial charge in [0.25, 0.3) is 5.91 Å². The number of amidine groups is 1. The predicted molar refractivity (Wildman–Crippen MR) is 139 cm³/mol. The van der Waals surface area contributed by atoms with Gasteiger partial charge in [-0.3, -0.25) is 10.2 Å². The lowest BCUT2D eigenvalue weighted by Crippen LogP contribution is -2.15. The van der Waals surface area contributed by atoms with E-state index in [1.165, 1.54) is 7.11 Å². The molecule has 7 nitrogen and oxygen atoms in total. The van der Waals surface area contributed by atoms with E-state index in [0.717, 1.165) is 5.56 Å². The van der Waals surface area contributed by atoms with Crippen LogP contribution in [0.2, 0.25) is 0 Å². The van der Waals surface area contributed by atoms with Crippen molar-refractivity contribution in [1.82, 2.24) is 0 Å². The summed E-state index contributed by atoms with van der Waals surface area (Å²) in [7, 11) is 1.52. The molecule has 0 fully saturated rings. The van der Waals surface area contributed by atoms with Gasteiger partial charge < -0.3 is 20.5 Å². The summed E-state index contributed by atoms with van der Waals surface area (Å²) in [6.45, 7) is 0.120. The number of rotatable bonds is 8. The Balaban J connectivity index is 1.64. The molecule has 0 radical (unpaired) electrons. The Hall–Kier alpha value is -4.91. The molecule has 0 saturated carbocycles. The van der Waals surface area contributed by atoms with Crippen molar-refractivity contribution in [2.45, 2.75) is 6.61 Å². The lowest BCUT2D eigenvalue weighted by Gasteiger charge is -2.15. The van der Waals surface area contributed by atoms with Gasteiger partial charge in [0.15, 0.2) is 0 Å². The minimum atomic E-state index is -0.525. The highest BCUT2D eigenvalue weighted by Crippen LogP contribution is 2.31. The number of benzene rings is 4. The molecule has 0 aliphatic rings. The minimum Gasteiger partial charge on any atom is -0.497 e. The van der Waals surface area contributed by atoms with Crippen LogP contribution in [0, 0.1) is 5.41 Å². The second-order valence-electron chi connectivity index (χ2n) is 7.96. The molecule has 0 atom stereocenters. The lowest BCUT2D eigenvalue weighted by atomic mass is 9.94. The summed E-state index contributed by atoms with van der Waals surface area (Å²) in [5.41, 5.74) is 9.28. The Morgan fingerprint density at radius 3 is 2.19 bits per heavy atom. The van der Waals surface area contributed by atoms with Crippen molar-refractivity contribution in [3.63, 3.8) is 0 Å². The number of nitrogens with one attached hydrogen (secondary N) is 2. The first-order valence-electron chi connectivity index (χ1n) is 11.2. The van der Waals surface area contributed by atoms with Crippen LogP contribution in [0.3, 0.4) is 0 Å². The highest BCUT2D eigenvalue weighted by atomic mass is 16.5. The maximum atomic E-state index is 13.2. The summed E-state index contributed by atoms with van der Waals surface area (Å²) < 4.78 is 10.9. The molecule has 36 heavy (non-hydrogen) atoms. The van der Waals surface area contributed by atoms with Crippen LogP contribution in [-0.2, 0) is 11.3 Å². The van der Waals surface area contributed by atoms with Crippen molar-refractivity contribution in [3.8, 4) is 16.9 Å². The molecule has 1 amide bonds. The second-order valence-corrected chi connectivity index (χ2v) is 7.96. The molecule has 0 aliphatic carbocycles. The number of anilines is 1. The van der Waals surface area contributed by atoms with E-state index in [4.69, 9.17) is 20.6 Å². The molecule has 0 saturated heterocycles. The topological polar surface area (TPSA) is 115 Å². The lowest BCUT2D eigenvalue weighted by molar-refractivity contribution is 0.0473. The van der Waals surface area contributed by atoms with Gasteiger partial charge in [-0.25, -0.2) is 4.79 Å². The quantitative estimate of drug-likeness (QED) is 0.181. The Bertz CT molecular complexity index is 1400. The standard InChI is InChI=1S/C29H25N3O4/c1-35-22-15-16-24(26(17-22)29(34)36-18-19-7-3-2-4-8-19)23-9-5-6-10-25(23)28(33)32-21-13-11-20(12-14-21)27(30)31/h2-17H,18H2,1H3,(H3,30,31)(H,32,33). The van der Waals surface area contributed by atoms with Crippen molar-refractivity contribution in [3.05, 3.63) is 119 Å². The third kappa shape index (κ3) is 5.59. The smallest absolute Gasteiger partial charge is 0.339 e. The zero-order valence-electron chi connectivity index (χ0n) is 19.7. The number of carbonyl (C=O) groups is 2. The number of nitrogen functional groups attached to an aromatic ring is 1. The third-order valence-electron chi connectivity index (χ3n) is 5.58. The van der Waals surface area contributed by atoms with Crippen LogP contribution in [0.25, 0.3) is 11.1 Å². The number of carbonyl (C=O) groups excluding carboxylic acids is 2. The zero-order valence-corrected chi connectivity index (χ0v) is 19.7. The van der Waals surface area contributed by atoms with Gasteiger partial charge in [0.1, 0.15) is 18.2 Å². The largest absolute Gasteiger partial charge is 0.497 e. The molecule has 4 aromatic rings. The van der Waals surface area contributed by atoms with Crippen LogP contribution in [0.15, 0.2) is 97.1 Å². The summed E-state index contributed by atoms with van der Waals surface area (Å²) in [5, 5.41) is 10.4. The summed E-state index contributed by atoms with van der Waals surface area (Å²) in [5.74, 6) is -0.425. The highest BCUT2D eigenvalue weighted by Gasteiger charge is 2.20. The van der Waals surface area contributed by atoms with E-state index in [-0.39, 0.29) is 23.9 Å². The van der Waals surface area contributed by atoms with Gasteiger partial charge in [0.2, 0.25) is 0 Å². The molecule has 0 aliphatic heterocycles. The molecular weight excluding hydrogens is 454 g/mol. The molecule has 0 unspecified atom stereocenters. The fourth-order valence-electron chi connectivity index (χ4n) is 3.70. The van der Waals surface area contributed by atoms with Crippen LogP contribution >= 0.6 is 0 Å². The maximum absolute atomic E-state index is 13.2. The number of esters is 1. The molecule has 4 rings (SSSR count). The van der Waals surface area contributed by atoms with E-state index < -0.39 is 5.97 Å². The number of amides is 1. The molecule has 180 valence electrons. The molecule has 0 aromatic heterocycles. The van der Waals surface area contributed by atoms with Crippen molar-refractivity contribution in [2.75, 3.05) is 12.4 Å². The second kappa shape index (κ2) is 11.0. The van der Waals surface area contributed by atoms with Crippen LogP contribution in [0.4, 0.5) is 5.69 Å². The van der Waals surface area contributed by atoms with Gasteiger partial charge >= 0.3 is 5.97 Å². The first kappa shape index (κ1) is 24.2. The average molecular weight is 480 g/mol. The van der Waals surface area contributed by atoms with Gasteiger partial charge in [0.05, 0.1) is 12.7 Å². The molecule has 4 N–H and O–H groups in total. The average Bonchev–Trinajstić information content (AvgIpc) is 2.92. The Kier molecular flexibility index (Phi) is 7.41. The molecule has 0 heterocycles. The SMILES string of the molecule is COc1ccc(-c2ccccc2C(=O)Nc2ccc(C(=N)N)cc2)c(C(=O)OCc2ccccc2)c1. The Labute approximate surface area is 209 Å². The van der Waals surface area contributed by atoms with Crippen molar-refractivity contribution >= 4 is 23.4 Å². The summed E-state index contributed by atoms with van der Waals surface area (Å²) in [6, 6.07) is 28.2. The van der Waals surface area contributed by atoms with Crippen molar-refractivity contribution < 1.29 is 19.1 Å². The van der Waals surface area contributed by atoms with E-state index in [9.17, 15) is 9.59 Å². The number of hydrogen-bond donors (Lipinski definition) is 3. The van der Waals surface area contributed by atoms with Gasteiger partial charge in [-0.1, -0.05) is 48.5 Å². The summed E-state index contributed by atoms with van der Waals surface area (Å²) in [6.07, 6.45) is 0. The van der Waals surface area contributed by atoms with Crippen molar-refractivity contribution in [2.24, 2.45) is 5.73 Å². The molecule has 0 bridgehead atoms. The molecule has 0 spiro atoms. The maximum Gasteiger partial charge on any atom is 0.339 e. The number of ether oxygens (including phenoxy) is 2. The third-order valence-corrected chi connectivity index (χ3v) is 5.58. The number of hydrogen-bond acceptors (Lipinski definition) is 5. The minimum absolute atomic E-state index is 0.0515. The highest BCUT2D eigenvalue weighted by molar-refractivity contribution is 6.10. The van der Waals surface area contributed by atoms with Crippen LogP contribution in [0.1, 0.15) is 31.8 Å². The van der Waals surface area contributed by atoms with E-state index in [0.29, 0.717) is 33.7 Å². The number of methoxy groups -OCH3 is 1. The fourth-order valence-corrected chi connectivity index (χ4v) is 3.70. The molecular formula is C29H25N3O4. The molecule has 4 aromatic carbocycles. The summed E-state index contributed by atoms with van der Waals surface area (Å²) >= 11 is 0. The van der Waals surface area contributed by atoms with E-state index in [1.807, 2.05) is 30.3 Å². The fraction of sp³-hybridized carbons (Fsp3) is 0.0690. The zero-order chi connectivity index (χ0) is 25.5. The van der Waals surface area contributed by atoms with E-state index in [1.54, 1.807) is 66.7 Å². The Morgan fingerprint density at radius 2 is 1.50 bits per heavy atom. The van der Waals surface area contributed by atoms with Crippen molar-refractivity contribution in [1.29, 1.82) is 5.41 Å². The van der Waals surface area contributed by atoms with E-state index >= 15 is 0 Å². The van der Waals surface area contributed by atoms with Gasteiger partial charge in [0, 0.05) is 16.8 Å². The van der Waals surface area contributed by atoms with Crippen LogP contribution < -0.4 is 15.8 Å². The summed E-state index contributed by atoms with van der Waals surface area (Å²) in [4.78, 5) is 26.4. The van der Waals surface area contributed by atoms with Crippen LogP contribution in [-0.4, -0.2) is 24.8 Å². The monoisotopic (exact) mass is 479 g/mol. The molecule has 7 heteroatoms. The predicted octanol–water partition coefficient (Wildman–Crippen LogP) is 5.26. The van der Waals surface area contributed by atoms with E-state index in [2.05, 4.69) is 5.32 Å².